The number of hydrogen-bond donors (Lipinski definition) is 3. The van der Waals surface area contributed by atoms with Crippen molar-refractivity contribution in [3.8, 4) is 5.75 Å². The van der Waals surface area contributed by atoms with Gasteiger partial charge in [0.15, 0.2) is 0 Å². The summed E-state index contributed by atoms with van der Waals surface area (Å²) >= 11 is 0. The normalized spacial score (nSPS) is 12.4. The van der Waals surface area contributed by atoms with Gasteiger partial charge in [0, 0.05) is 29.7 Å². The molecule has 0 saturated heterocycles. The first-order valence-electron chi connectivity index (χ1n) is 6.26. The Morgan fingerprint density at radius 1 is 1.53 bits per heavy atom. The Bertz CT molecular complexity index is 575. The van der Waals surface area contributed by atoms with Crippen molar-refractivity contribution in [2.24, 2.45) is 5.73 Å². The van der Waals surface area contributed by atoms with E-state index in [-0.39, 0.29) is 11.9 Å². The molecule has 2 rings (SSSR count). The fraction of sp³-hybridized carbons (Fsp3) is 0.357. The number of fused-ring (bicyclic) bond motifs is 1. The summed E-state index contributed by atoms with van der Waals surface area (Å²) < 4.78 is 5.20. The van der Waals surface area contributed by atoms with Crippen molar-refractivity contribution >= 4 is 16.8 Å². The zero-order valence-electron chi connectivity index (χ0n) is 11.2. The Morgan fingerprint density at radius 3 is 3.00 bits per heavy atom. The molecule has 19 heavy (non-hydrogen) atoms. The van der Waals surface area contributed by atoms with Gasteiger partial charge in [0.1, 0.15) is 5.75 Å². The molecule has 0 aliphatic rings. The molecule has 2 aromatic rings. The summed E-state index contributed by atoms with van der Waals surface area (Å²) in [6.45, 7) is 2.35. The van der Waals surface area contributed by atoms with Crippen molar-refractivity contribution in [3.05, 3.63) is 30.0 Å². The Balaban J connectivity index is 2.14. The van der Waals surface area contributed by atoms with Crippen LogP contribution in [0.2, 0.25) is 0 Å². The zero-order chi connectivity index (χ0) is 13.8. The predicted molar refractivity (Wildman–Crippen MR) is 75.2 cm³/mol. The molecule has 0 saturated carbocycles. The van der Waals surface area contributed by atoms with E-state index in [2.05, 4.69) is 10.3 Å². The van der Waals surface area contributed by atoms with E-state index in [4.69, 9.17) is 10.5 Å². The van der Waals surface area contributed by atoms with Gasteiger partial charge in [0.25, 0.3) is 0 Å². The van der Waals surface area contributed by atoms with Gasteiger partial charge in [0.05, 0.1) is 13.5 Å². The minimum Gasteiger partial charge on any atom is -0.497 e. The number of nitrogens with two attached hydrogens (primary N) is 1. The first-order chi connectivity index (χ1) is 9.10. The summed E-state index contributed by atoms with van der Waals surface area (Å²) in [5.74, 6) is 0.755. The molecular formula is C14H19N3O2. The van der Waals surface area contributed by atoms with Crippen LogP contribution in [0.15, 0.2) is 24.4 Å². The lowest BCUT2D eigenvalue weighted by Gasteiger charge is -2.07. The molecule has 1 unspecified atom stereocenters. The molecule has 1 aromatic heterocycles. The number of rotatable bonds is 5. The van der Waals surface area contributed by atoms with Crippen molar-refractivity contribution in [3.63, 3.8) is 0 Å². The number of aromatic amines is 1. The molecule has 0 aliphatic heterocycles. The molecule has 1 aromatic carbocycles. The van der Waals surface area contributed by atoms with E-state index >= 15 is 0 Å². The molecule has 5 nitrogen and oxygen atoms in total. The van der Waals surface area contributed by atoms with Gasteiger partial charge in [-0.2, -0.15) is 0 Å². The van der Waals surface area contributed by atoms with Gasteiger partial charge in [-0.25, -0.2) is 0 Å². The van der Waals surface area contributed by atoms with Crippen LogP contribution in [0.25, 0.3) is 10.9 Å². The molecule has 0 radical (unpaired) electrons. The minimum atomic E-state index is -0.0352. The second-order valence-corrected chi connectivity index (χ2v) is 4.68. The summed E-state index contributed by atoms with van der Waals surface area (Å²) in [5.41, 5.74) is 7.56. The summed E-state index contributed by atoms with van der Waals surface area (Å²) in [6.07, 6.45) is 2.19. The number of ether oxygens (including phenoxy) is 1. The molecule has 0 fully saturated rings. The summed E-state index contributed by atoms with van der Waals surface area (Å²) in [6, 6.07) is 5.73. The molecule has 1 amide bonds. The van der Waals surface area contributed by atoms with E-state index in [1.807, 2.05) is 31.3 Å². The van der Waals surface area contributed by atoms with Gasteiger partial charge in [0.2, 0.25) is 5.91 Å². The number of aromatic nitrogens is 1. The van der Waals surface area contributed by atoms with E-state index in [0.717, 1.165) is 22.2 Å². The summed E-state index contributed by atoms with van der Waals surface area (Å²) in [4.78, 5) is 15.0. The first kappa shape index (κ1) is 13.4. The molecule has 4 N–H and O–H groups in total. The molecule has 1 heterocycles. The highest BCUT2D eigenvalue weighted by Gasteiger charge is 2.09. The van der Waals surface area contributed by atoms with E-state index in [1.54, 1.807) is 7.11 Å². The van der Waals surface area contributed by atoms with E-state index in [9.17, 15) is 4.79 Å². The number of nitrogens with one attached hydrogen (secondary N) is 2. The number of methoxy groups -OCH3 is 1. The van der Waals surface area contributed by atoms with Crippen LogP contribution in [-0.2, 0) is 11.2 Å². The van der Waals surface area contributed by atoms with Crippen LogP contribution in [-0.4, -0.2) is 30.6 Å². The quantitative estimate of drug-likeness (QED) is 0.756. The zero-order valence-corrected chi connectivity index (χ0v) is 11.2. The van der Waals surface area contributed by atoms with Crippen LogP contribution in [0.4, 0.5) is 0 Å². The van der Waals surface area contributed by atoms with Gasteiger partial charge >= 0.3 is 0 Å². The first-order valence-corrected chi connectivity index (χ1v) is 6.26. The Kier molecular flexibility index (Phi) is 4.06. The average Bonchev–Trinajstić information content (AvgIpc) is 2.79. The summed E-state index contributed by atoms with van der Waals surface area (Å²) in [7, 11) is 1.63. The monoisotopic (exact) mass is 261 g/mol. The number of amides is 1. The van der Waals surface area contributed by atoms with Gasteiger partial charge in [-0.1, -0.05) is 0 Å². The third-order valence-corrected chi connectivity index (χ3v) is 2.95. The maximum absolute atomic E-state index is 11.8. The van der Waals surface area contributed by atoms with E-state index in [0.29, 0.717) is 13.0 Å². The molecule has 102 valence electrons. The second kappa shape index (κ2) is 5.75. The molecule has 5 heteroatoms. The van der Waals surface area contributed by atoms with Gasteiger partial charge in [-0.05, 0) is 30.7 Å². The number of carbonyl (C=O) groups is 1. The third kappa shape index (κ3) is 3.26. The van der Waals surface area contributed by atoms with Crippen molar-refractivity contribution in [1.29, 1.82) is 0 Å². The van der Waals surface area contributed by atoms with Gasteiger partial charge < -0.3 is 20.8 Å². The van der Waals surface area contributed by atoms with Crippen LogP contribution in [0.1, 0.15) is 12.5 Å². The lowest BCUT2D eigenvalue weighted by atomic mass is 10.1. The smallest absolute Gasteiger partial charge is 0.224 e. The largest absolute Gasteiger partial charge is 0.497 e. The number of hydrogen-bond acceptors (Lipinski definition) is 3. The van der Waals surface area contributed by atoms with Crippen LogP contribution in [0.3, 0.4) is 0 Å². The van der Waals surface area contributed by atoms with Crippen molar-refractivity contribution in [1.82, 2.24) is 10.3 Å². The maximum atomic E-state index is 11.8. The van der Waals surface area contributed by atoms with Crippen molar-refractivity contribution < 1.29 is 9.53 Å². The second-order valence-electron chi connectivity index (χ2n) is 4.68. The highest BCUT2D eigenvalue weighted by molar-refractivity contribution is 5.89. The lowest BCUT2D eigenvalue weighted by molar-refractivity contribution is -0.120. The Morgan fingerprint density at radius 2 is 2.32 bits per heavy atom. The predicted octanol–water partition coefficient (Wildman–Crippen LogP) is 1.18. The fourth-order valence-electron chi connectivity index (χ4n) is 1.94. The number of benzene rings is 1. The molecular weight excluding hydrogens is 242 g/mol. The minimum absolute atomic E-state index is 0.0268. The number of H-pyrrole nitrogens is 1. The van der Waals surface area contributed by atoms with Crippen LogP contribution in [0.5, 0.6) is 5.75 Å². The van der Waals surface area contributed by atoms with Gasteiger partial charge in [-0.3, -0.25) is 4.79 Å². The number of carbonyl (C=O) groups excluding carboxylic acids is 1. The molecule has 1 atom stereocenters. The van der Waals surface area contributed by atoms with Crippen molar-refractivity contribution in [2.75, 3.05) is 13.7 Å². The van der Waals surface area contributed by atoms with Crippen LogP contribution in [0, 0.1) is 0 Å². The maximum Gasteiger partial charge on any atom is 0.224 e. The van der Waals surface area contributed by atoms with E-state index < -0.39 is 0 Å². The van der Waals surface area contributed by atoms with Crippen LogP contribution >= 0.6 is 0 Å². The van der Waals surface area contributed by atoms with Crippen molar-refractivity contribution in [2.45, 2.75) is 19.4 Å². The fourth-order valence-corrected chi connectivity index (χ4v) is 1.94. The van der Waals surface area contributed by atoms with Crippen LogP contribution < -0.4 is 15.8 Å². The third-order valence-electron chi connectivity index (χ3n) is 2.95. The molecule has 0 spiro atoms. The Hall–Kier alpha value is -2.01. The standard InChI is InChI=1S/C14H19N3O2/c1-9(15)7-17-14(18)5-10-8-16-13-4-3-11(19-2)6-12(10)13/h3-4,6,8-9,16H,5,7,15H2,1-2H3,(H,17,18). The molecule has 0 aliphatic carbocycles. The molecule has 0 bridgehead atoms. The highest BCUT2D eigenvalue weighted by Crippen LogP contribution is 2.23. The Labute approximate surface area is 112 Å². The topological polar surface area (TPSA) is 80.1 Å². The highest BCUT2D eigenvalue weighted by atomic mass is 16.5. The SMILES string of the molecule is COc1ccc2[nH]cc(CC(=O)NCC(C)N)c2c1. The van der Waals surface area contributed by atoms with Gasteiger partial charge in [-0.15, -0.1) is 0 Å². The average molecular weight is 261 g/mol. The summed E-state index contributed by atoms with van der Waals surface area (Å²) in [5, 5.41) is 3.81. The van der Waals surface area contributed by atoms with E-state index in [1.165, 1.54) is 0 Å². The lowest BCUT2D eigenvalue weighted by Crippen LogP contribution is -2.35.